The summed E-state index contributed by atoms with van der Waals surface area (Å²) in [7, 11) is 0. The number of anilines is 1. The van der Waals surface area contributed by atoms with E-state index in [0.717, 1.165) is 63.6 Å². The maximum atomic E-state index is 10.3. The Morgan fingerprint density at radius 3 is 2.78 bits per heavy atom. The fraction of sp³-hybridized carbons (Fsp3) is 0.765. The standard InChI is InChI=1S/C17H29N5O/c1-2-16-20-15-6-8-18-7-5-14(15)17(21-16)19-11-13(23)12-22-9-3-4-10-22/h13,18,23H,2-12H2,1H3,(H,19,20,21)/t13-/m1/s1. The molecule has 3 heterocycles. The summed E-state index contributed by atoms with van der Waals surface area (Å²) in [5, 5.41) is 17.1. The fourth-order valence-electron chi connectivity index (χ4n) is 3.44. The van der Waals surface area contributed by atoms with Crippen molar-refractivity contribution in [2.45, 2.75) is 45.1 Å². The van der Waals surface area contributed by atoms with Gasteiger partial charge in [-0.1, -0.05) is 6.92 Å². The molecule has 6 heteroatoms. The van der Waals surface area contributed by atoms with E-state index in [9.17, 15) is 5.11 Å². The summed E-state index contributed by atoms with van der Waals surface area (Å²) in [6.07, 6.45) is 4.90. The van der Waals surface area contributed by atoms with Crippen LogP contribution in [-0.2, 0) is 19.3 Å². The van der Waals surface area contributed by atoms with Gasteiger partial charge < -0.3 is 20.6 Å². The number of aromatic nitrogens is 2. The number of rotatable bonds is 6. The molecule has 1 aromatic rings. The van der Waals surface area contributed by atoms with Crippen molar-refractivity contribution >= 4 is 5.82 Å². The van der Waals surface area contributed by atoms with Crippen LogP contribution in [0.25, 0.3) is 0 Å². The molecule has 6 nitrogen and oxygen atoms in total. The SMILES string of the molecule is CCc1nc2c(c(NC[C@@H](O)CN3CCCC3)n1)CCNCC2. The van der Waals surface area contributed by atoms with Crippen molar-refractivity contribution in [3.8, 4) is 0 Å². The first-order valence-electron chi connectivity index (χ1n) is 9.00. The minimum atomic E-state index is -0.354. The predicted octanol–water partition coefficient (Wildman–Crippen LogP) is 0.596. The zero-order valence-electron chi connectivity index (χ0n) is 14.1. The Bertz CT molecular complexity index is 516. The van der Waals surface area contributed by atoms with Crippen LogP contribution < -0.4 is 10.6 Å². The van der Waals surface area contributed by atoms with Gasteiger partial charge in [-0.05, 0) is 38.9 Å². The minimum Gasteiger partial charge on any atom is -0.390 e. The van der Waals surface area contributed by atoms with Crippen LogP contribution in [0.4, 0.5) is 5.82 Å². The smallest absolute Gasteiger partial charge is 0.133 e. The molecule has 1 atom stereocenters. The number of hydrogen-bond acceptors (Lipinski definition) is 6. The molecule has 2 aliphatic rings. The van der Waals surface area contributed by atoms with Gasteiger partial charge in [0.1, 0.15) is 11.6 Å². The van der Waals surface area contributed by atoms with Crippen LogP contribution >= 0.6 is 0 Å². The Hall–Kier alpha value is -1.24. The molecule has 0 aliphatic carbocycles. The largest absolute Gasteiger partial charge is 0.390 e. The van der Waals surface area contributed by atoms with E-state index in [-0.39, 0.29) is 6.10 Å². The molecule has 0 bridgehead atoms. The lowest BCUT2D eigenvalue weighted by Crippen LogP contribution is -2.34. The maximum Gasteiger partial charge on any atom is 0.133 e. The van der Waals surface area contributed by atoms with E-state index in [1.807, 2.05) is 0 Å². The fourth-order valence-corrected chi connectivity index (χ4v) is 3.44. The van der Waals surface area contributed by atoms with Crippen molar-refractivity contribution in [3.05, 3.63) is 17.1 Å². The molecule has 23 heavy (non-hydrogen) atoms. The van der Waals surface area contributed by atoms with Gasteiger partial charge in [-0.3, -0.25) is 0 Å². The van der Waals surface area contributed by atoms with Gasteiger partial charge in [0.05, 0.1) is 11.8 Å². The van der Waals surface area contributed by atoms with Gasteiger partial charge in [0.2, 0.25) is 0 Å². The van der Waals surface area contributed by atoms with Crippen molar-refractivity contribution < 1.29 is 5.11 Å². The first-order valence-corrected chi connectivity index (χ1v) is 9.00. The summed E-state index contributed by atoms with van der Waals surface area (Å²) in [6, 6.07) is 0. The van der Waals surface area contributed by atoms with Gasteiger partial charge >= 0.3 is 0 Å². The number of aryl methyl sites for hydroxylation is 1. The average molecular weight is 319 g/mol. The highest BCUT2D eigenvalue weighted by Gasteiger charge is 2.19. The molecule has 0 aromatic carbocycles. The molecular weight excluding hydrogens is 290 g/mol. The Morgan fingerprint density at radius 1 is 1.22 bits per heavy atom. The Labute approximate surface area is 138 Å². The number of likely N-dealkylation sites (tertiary alicyclic amines) is 1. The van der Waals surface area contributed by atoms with E-state index in [2.05, 4.69) is 27.4 Å². The second-order valence-corrected chi connectivity index (χ2v) is 6.56. The highest BCUT2D eigenvalue weighted by atomic mass is 16.3. The van der Waals surface area contributed by atoms with E-state index >= 15 is 0 Å². The Morgan fingerprint density at radius 2 is 2.00 bits per heavy atom. The zero-order valence-corrected chi connectivity index (χ0v) is 14.1. The van der Waals surface area contributed by atoms with Gasteiger partial charge in [0, 0.05) is 38.0 Å². The molecule has 3 rings (SSSR count). The molecule has 2 aliphatic heterocycles. The number of aliphatic hydroxyl groups excluding tert-OH is 1. The predicted molar refractivity (Wildman–Crippen MR) is 91.9 cm³/mol. The normalized spacial score (nSPS) is 20.1. The molecular formula is C17H29N5O. The van der Waals surface area contributed by atoms with Crippen LogP contribution in [0.5, 0.6) is 0 Å². The van der Waals surface area contributed by atoms with Crippen LogP contribution in [0.1, 0.15) is 36.8 Å². The average Bonchev–Trinajstić information content (AvgIpc) is 2.94. The molecule has 0 unspecified atom stereocenters. The Kier molecular flexibility index (Phi) is 5.80. The third-order valence-electron chi connectivity index (χ3n) is 4.72. The van der Waals surface area contributed by atoms with Crippen molar-refractivity contribution in [2.24, 2.45) is 0 Å². The maximum absolute atomic E-state index is 10.3. The van der Waals surface area contributed by atoms with Crippen molar-refractivity contribution in [1.82, 2.24) is 20.2 Å². The van der Waals surface area contributed by atoms with E-state index in [4.69, 9.17) is 4.98 Å². The van der Waals surface area contributed by atoms with E-state index in [0.29, 0.717) is 6.54 Å². The topological polar surface area (TPSA) is 73.3 Å². The molecule has 3 N–H and O–H groups in total. The van der Waals surface area contributed by atoms with E-state index in [1.54, 1.807) is 0 Å². The highest BCUT2D eigenvalue weighted by molar-refractivity contribution is 5.47. The minimum absolute atomic E-state index is 0.354. The number of aliphatic hydroxyl groups is 1. The summed E-state index contributed by atoms with van der Waals surface area (Å²) in [5.74, 6) is 1.82. The number of nitrogens with one attached hydrogen (secondary N) is 2. The summed E-state index contributed by atoms with van der Waals surface area (Å²) in [5.41, 5.74) is 2.39. The quantitative estimate of drug-likeness (QED) is 0.713. The van der Waals surface area contributed by atoms with Crippen LogP contribution in [0, 0.1) is 0 Å². The summed E-state index contributed by atoms with van der Waals surface area (Å²) in [6.45, 7) is 7.57. The van der Waals surface area contributed by atoms with Gasteiger partial charge in [-0.15, -0.1) is 0 Å². The number of fused-ring (bicyclic) bond motifs is 1. The first kappa shape index (κ1) is 16.6. The summed E-state index contributed by atoms with van der Waals surface area (Å²) >= 11 is 0. The molecule has 0 amide bonds. The summed E-state index contributed by atoms with van der Waals surface area (Å²) in [4.78, 5) is 11.7. The lowest BCUT2D eigenvalue weighted by atomic mass is 10.1. The molecule has 1 fully saturated rings. The van der Waals surface area contributed by atoms with Crippen molar-refractivity contribution in [3.63, 3.8) is 0 Å². The molecule has 1 saturated heterocycles. The third-order valence-corrected chi connectivity index (χ3v) is 4.72. The van der Waals surface area contributed by atoms with Gasteiger partial charge in [-0.25, -0.2) is 9.97 Å². The second kappa shape index (κ2) is 8.04. The lowest BCUT2D eigenvalue weighted by Gasteiger charge is -2.21. The van der Waals surface area contributed by atoms with Crippen LogP contribution in [-0.4, -0.2) is 65.3 Å². The molecule has 0 spiro atoms. The van der Waals surface area contributed by atoms with Crippen LogP contribution in [0.3, 0.4) is 0 Å². The molecule has 1 aromatic heterocycles. The van der Waals surface area contributed by atoms with E-state index < -0.39 is 0 Å². The van der Waals surface area contributed by atoms with Gasteiger partial charge in [0.25, 0.3) is 0 Å². The lowest BCUT2D eigenvalue weighted by molar-refractivity contribution is 0.135. The van der Waals surface area contributed by atoms with Crippen molar-refractivity contribution in [1.29, 1.82) is 0 Å². The van der Waals surface area contributed by atoms with Crippen LogP contribution in [0.2, 0.25) is 0 Å². The molecule has 0 radical (unpaired) electrons. The monoisotopic (exact) mass is 319 g/mol. The Balaban J connectivity index is 1.65. The number of β-amino-alcohol motifs (C(OH)–C–C–N with tert-alkyl or cyclic N) is 1. The van der Waals surface area contributed by atoms with Gasteiger partial charge in [-0.2, -0.15) is 0 Å². The second-order valence-electron chi connectivity index (χ2n) is 6.56. The molecule has 128 valence electrons. The first-order chi connectivity index (χ1) is 11.3. The number of nitrogens with zero attached hydrogens (tertiary/aromatic N) is 3. The van der Waals surface area contributed by atoms with Crippen molar-refractivity contribution in [2.75, 3.05) is 44.6 Å². The summed E-state index contributed by atoms with van der Waals surface area (Å²) < 4.78 is 0. The highest BCUT2D eigenvalue weighted by Crippen LogP contribution is 2.20. The zero-order chi connectivity index (χ0) is 16.1. The third kappa shape index (κ3) is 4.40. The number of hydrogen-bond donors (Lipinski definition) is 3. The molecule has 0 saturated carbocycles. The van der Waals surface area contributed by atoms with E-state index in [1.165, 1.54) is 24.1 Å². The van der Waals surface area contributed by atoms with Crippen LogP contribution in [0.15, 0.2) is 0 Å². The van der Waals surface area contributed by atoms with Gasteiger partial charge in [0.15, 0.2) is 0 Å².